The van der Waals surface area contributed by atoms with E-state index in [2.05, 4.69) is 21.0 Å². The maximum absolute atomic E-state index is 11.5. The minimum absolute atomic E-state index is 0.0961. The second kappa shape index (κ2) is 16.5. The lowest BCUT2D eigenvalue weighted by Crippen LogP contribution is -2.39. The summed E-state index contributed by atoms with van der Waals surface area (Å²) in [6, 6.07) is 18.2. The van der Waals surface area contributed by atoms with Crippen LogP contribution in [0.25, 0.3) is 33.2 Å². The van der Waals surface area contributed by atoms with Crippen molar-refractivity contribution < 1.29 is 29.3 Å². The Hall–Kier alpha value is -4.36. The Morgan fingerprint density at radius 3 is 2.44 bits per heavy atom. The topological polar surface area (TPSA) is 147 Å². The lowest BCUT2D eigenvalue weighted by molar-refractivity contribution is -0.140. The quantitative estimate of drug-likeness (QED) is 0.0829. The van der Waals surface area contributed by atoms with E-state index in [0.717, 1.165) is 45.4 Å². The van der Waals surface area contributed by atoms with Crippen molar-refractivity contribution in [1.82, 2.24) is 25.7 Å². The predicted molar refractivity (Wildman–Crippen MR) is 203 cm³/mol. The van der Waals surface area contributed by atoms with Gasteiger partial charge in [-0.15, -0.1) is 0 Å². The summed E-state index contributed by atoms with van der Waals surface area (Å²) in [7, 11) is 3.16. The van der Waals surface area contributed by atoms with Gasteiger partial charge in [-0.25, -0.2) is 0 Å². The van der Waals surface area contributed by atoms with Gasteiger partial charge < -0.3 is 30.3 Å². The average molecular weight is 767 g/mol. The molecule has 1 amide bonds. The van der Waals surface area contributed by atoms with Gasteiger partial charge in [0.25, 0.3) is 0 Å². The zero-order chi connectivity index (χ0) is 36.9. The van der Waals surface area contributed by atoms with E-state index < -0.39 is 18.6 Å². The molecule has 52 heavy (non-hydrogen) atoms. The number of carbonyl (C=O) groups excluding carboxylic acids is 1. The number of methoxy groups -OCH3 is 2. The summed E-state index contributed by atoms with van der Waals surface area (Å²) in [5.41, 5.74) is 6.43. The monoisotopic (exact) mass is 765 g/mol. The summed E-state index contributed by atoms with van der Waals surface area (Å²) >= 11 is 20.7. The number of nitrogens with zero attached hydrogens (tertiary/aromatic N) is 2. The van der Waals surface area contributed by atoms with Gasteiger partial charge in [-0.05, 0) is 47.4 Å². The molecule has 1 saturated heterocycles. The number of aliphatic carboxylic acids is 1. The molecule has 5 N–H and O–H groups in total. The number of aromatic nitrogens is 2. The molecule has 1 fully saturated rings. The van der Waals surface area contributed by atoms with E-state index in [1.807, 2.05) is 48.5 Å². The Morgan fingerprint density at radius 1 is 0.962 bits per heavy atom. The second-order valence-corrected chi connectivity index (χ2v) is 13.7. The van der Waals surface area contributed by atoms with Gasteiger partial charge in [0.05, 0.1) is 49.1 Å². The molecule has 0 radical (unpaired) electrons. The van der Waals surface area contributed by atoms with Gasteiger partial charge in [-0.3, -0.25) is 19.6 Å². The second-order valence-electron chi connectivity index (χ2n) is 12.5. The van der Waals surface area contributed by atoms with Crippen molar-refractivity contribution in [2.45, 2.75) is 44.6 Å². The summed E-state index contributed by atoms with van der Waals surface area (Å²) in [6.45, 7) is 1.11. The third-order valence-electron chi connectivity index (χ3n) is 9.22. The summed E-state index contributed by atoms with van der Waals surface area (Å²) in [4.78, 5) is 22.9. The minimum Gasteiger partial charge on any atom is -0.496 e. The first kappa shape index (κ1) is 37.4. The van der Waals surface area contributed by atoms with Gasteiger partial charge >= 0.3 is 5.97 Å². The molecule has 4 aromatic carbocycles. The summed E-state index contributed by atoms with van der Waals surface area (Å²) in [5, 5.41) is 34.8. The lowest BCUT2D eigenvalue weighted by Gasteiger charge is -2.16. The normalized spacial score (nSPS) is 14.8. The first-order chi connectivity index (χ1) is 25.1. The maximum Gasteiger partial charge on any atom is 0.323 e. The molecule has 272 valence electrons. The zero-order valence-corrected chi connectivity index (χ0v) is 30.8. The number of halogens is 3. The fraction of sp³-hybridized carbons (Fsp3) is 0.289. The van der Waals surface area contributed by atoms with Gasteiger partial charge in [0, 0.05) is 64.8 Å². The number of rotatable bonds is 15. The lowest BCUT2D eigenvalue weighted by atomic mass is 9.96. The van der Waals surface area contributed by atoms with Crippen LogP contribution in [0.2, 0.25) is 15.1 Å². The van der Waals surface area contributed by atoms with Crippen LogP contribution in [0.1, 0.15) is 29.5 Å². The van der Waals surface area contributed by atoms with Crippen LogP contribution in [0.3, 0.4) is 0 Å². The van der Waals surface area contributed by atoms with Crippen LogP contribution in [0.5, 0.6) is 11.5 Å². The molecular formula is C38H38Cl3N5O6. The van der Waals surface area contributed by atoms with Crippen LogP contribution in [-0.4, -0.2) is 71.3 Å². The molecule has 6 rings (SSSR count). The van der Waals surface area contributed by atoms with E-state index in [0.29, 0.717) is 57.0 Å². The van der Waals surface area contributed by atoms with Gasteiger partial charge in [0.15, 0.2) is 0 Å². The Labute approximate surface area is 315 Å². The largest absolute Gasteiger partial charge is 0.496 e. The fourth-order valence-corrected chi connectivity index (χ4v) is 7.30. The molecule has 5 aromatic rings. The van der Waals surface area contributed by atoms with Crippen LogP contribution in [0.15, 0.2) is 66.9 Å². The molecular weight excluding hydrogens is 729 g/mol. The molecule has 2 atom stereocenters. The van der Waals surface area contributed by atoms with E-state index in [4.69, 9.17) is 44.3 Å². The smallest absolute Gasteiger partial charge is 0.323 e. The van der Waals surface area contributed by atoms with E-state index in [9.17, 15) is 19.8 Å². The van der Waals surface area contributed by atoms with Crippen molar-refractivity contribution in [2.24, 2.45) is 0 Å². The Balaban J connectivity index is 1.26. The van der Waals surface area contributed by atoms with Crippen molar-refractivity contribution in [1.29, 1.82) is 0 Å². The molecule has 2 heterocycles. The van der Waals surface area contributed by atoms with Crippen molar-refractivity contribution in [3.63, 3.8) is 0 Å². The number of ether oxygens (including phenoxy) is 2. The third-order valence-corrected chi connectivity index (χ3v) is 10.3. The van der Waals surface area contributed by atoms with Crippen LogP contribution < -0.4 is 25.4 Å². The van der Waals surface area contributed by atoms with Gasteiger partial charge in [-0.2, -0.15) is 5.10 Å². The number of aliphatic hydroxyl groups is 1. The van der Waals surface area contributed by atoms with Crippen molar-refractivity contribution in [3.8, 4) is 33.8 Å². The van der Waals surface area contributed by atoms with E-state index in [1.54, 1.807) is 30.1 Å². The highest BCUT2D eigenvalue weighted by atomic mass is 35.5. The van der Waals surface area contributed by atoms with Crippen LogP contribution in [-0.2, 0) is 29.2 Å². The summed E-state index contributed by atoms with van der Waals surface area (Å²) in [6.07, 6.45) is 3.16. The highest BCUT2D eigenvalue weighted by Gasteiger charge is 2.22. The third kappa shape index (κ3) is 8.00. The van der Waals surface area contributed by atoms with Crippen LogP contribution in [0.4, 0.5) is 0 Å². The molecule has 0 spiro atoms. The van der Waals surface area contributed by atoms with Crippen LogP contribution >= 0.6 is 34.8 Å². The fourth-order valence-electron chi connectivity index (χ4n) is 6.46. The number of hydrogen-bond acceptors (Lipinski definition) is 8. The molecule has 0 aliphatic carbocycles. The first-order valence-corrected chi connectivity index (χ1v) is 17.8. The number of amides is 1. The highest BCUT2D eigenvalue weighted by molar-refractivity contribution is 6.38. The molecule has 1 aromatic heterocycles. The molecule has 0 saturated carbocycles. The van der Waals surface area contributed by atoms with E-state index in [-0.39, 0.29) is 25.0 Å². The zero-order valence-electron chi connectivity index (χ0n) is 28.5. The van der Waals surface area contributed by atoms with Crippen molar-refractivity contribution in [2.75, 3.05) is 27.4 Å². The Kier molecular flexibility index (Phi) is 11.9. The van der Waals surface area contributed by atoms with Crippen molar-refractivity contribution >= 4 is 57.6 Å². The average Bonchev–Trinajstić information content (AvgIpc) is 3.76. The number of hydrogen-bond donors (Lipinski definition) is 5. The number of carboxylic acid groups (broad SMARTS) is 1. The van der Waals surface area contributed by atoms with E-state index in [1.165, 1.54) is 7.11 Å². The Morgan fingerprint density at radius 2 is 1.73 bits per heavy atom. The molecule has 1 aliphatic heterocycles. The van der Waals surface area contributed by atoms with Crippen molar-refractivity contribution in [3.05, 3.63) is 98.6 Å². The number of aliphatic hydroxyl groups excluding tert-OH is 1. The molecule has 0 unspecified atom stereocenters. The predicted octanol–water partition coefficient (Wildman–Crippen LogP) is 6.30. The summed E-state index contributed by atoms with van der Waals surface area (Å²) < 4.78 is 13.1. The molecule has 0 bridgehead atoms. The number of carboxylic acids is 1. The standard InChI is InChI=1S/C38H38Cl3N5O6/c1-51-33-13-21(6-7-22(33)15-42-17-25-8-11-35(48)45-25)26-4-3-5-28(36(26)41)27-9-10-30(39)37-29(27)18-44-46(37)19-24-14-34(52-2)23(12-31(24)40)16-43-32(20-47)38(49)50/h3-7,9-10,12-14,18,25,32,42-43,47H,8,11,15-17,19-20H2,1-2H3,(H,45,48)(H,49,50)/t25-,32-/m0/s1. The van der Waals surface area contributed by atoms with Gasteiger partial charge in [0.1, 0.15) is 17.5 Å². The van der Waals surface area contributed by atoms with Crippen LogP contribution in [0, 0.1) is 0 Å². The number of carbonyl (C=O) groups is 2. The number of fused-ring (bicyclic) bond motifs is 1. The maximum atomic E-state index is 11.5. The minimum atomic E-state index is -1.16. The SMILES string of the molecule is COc1cc(-c2cccc(-c3ccc(Cl)c4c3cnn4Cc3cc(OC)c(CN[C@@H](CO)C(=O)O)cc3Cl)c2Cl)ccc1CNC[C@@H]1CCC(=O)N1. The summed E-state index contributed by atoms with van der Waals surface area (Å²) in [5.74, 6) is 0.164. The first-order valence-electron chi connectivity index (χ1n) is 16.6. The highest BCUT2D eigenvalue weighted by Crippen LogP contribution is 2.42. The molecule has 11 nitrogen and oxygen atoms in total. The Bertz CT molecular complexity index is 2120. The number of nitrogens with one attached hydrogen (secondary N) is 3. The van der Waals surface area contributed by atoms with Gasteiger partial charge in [-0.1, -0.05) is 71.2 Å². The molecule has 1 aliphatic rings. The number of benzene rings is 4. The molecule has 14 heteroatoms. The van der Waals surface area contributed by atoms with Gasteiger partial charge in [0.2, 0.25) is 5.91 Å². The van der Waals surface area contributed by atoms with E-state index >= 15 is 0 Å².